The Morgan fingerprint density at radius 2 is 1.74 bits per heavy atom. The number of hydrogen-bond acceptors (Lipinski definition) is 7. The number of phenolic OH excluding ortho intramolecular Hbond substituents is 1. The number of nitrogens with one attached hydrogen (secondary N) is 1. The van der Waals surface area contributed by atoms with Gasteiger partial charge in [-0.1, -0.05) is 42.5 Å². The molecule has 0 radical (unpaired) electrons. The van der Waals surface area contributed by atoms with Crippen molar-refractivity contribution in [1.82, 2.24) is 9.73 Å². The Morgan fingerprint density at radius 3 is 2.43 bits per heavy atom. The summed E-state index contributed by atoms with van der Waals surface area (Å²) < 4.78 is 38.6. The van der Waals surface area contributed by atoms with E-state index in [0.717, 1.165) is 9.87 Å². The fraction of sp³-hybridized carbons (Fsp3) is 0.200. The number of hydrazone groups is 1. The van der Waals surface area contributed by atoms with E-state index < -0.39 is 22.5 Å². The Kier molecular flexibility index (Phi) is 8.45. The molecule has 1 amide bonds. The zero-order chi connectivity index (χ0) is 25.4. The van der Waals surface area contributed by atoms with Crippen LogP contribution in [-0.4, -0.2) is 50.7 Å². The van der Waals surface area contributed by atoms with E-state index in [-0.39, 0.29) is 28.7 Å². The topological polar surface area (TPSA) is 118 Å². The van der Waals surface area contributed by atoms with E-state index in [1.165, 1.54) is 26.5 Å². The lowest BCUT2D eigenvalue weighted by molar-refractivity contribution is -0.121. The molecule has 0 aromatic heterocycles. The van der Waals surface area contributed by atoms with E-state index >= 15 is 0 Å². The van der Waals surface area contributed by atoms with Gasteiger partial charge < -0.3 is 14.6 Å². The third-order valence-electron chi connectivity index (χ3n) is 5.10. The zero-order valence-corrected chi connectivity index (χ0v) is 20.5. The lowest BCUT2D eigenvalue weighted by atomic mass is 10.2. The fourth-order valence-corrected chi connectivity index (χ4v) is 4.94. The highest BCUT2D eigenvalue weighted by Gasteiger charge is 2.30. The minimum absolute atomic E-state index is 0.0337. The quantitative estimate of drug-likeness (QED) is 0.328. The highest BCUT2D eigenvalue weighted by molar-refractivity contribution is 7.89. The van der Waals surface area contributed by atoms with Crippen LogP contribution in [-0.2, 0) is 21.4 Å². The number of para-hydroxylation sites is 1. The van der Waals surface area contributed by atoms with Crippen LogP contribution in [0.3, 0.4) is 0 Å². The van der Waals surface area contributed by atoms with Crippen LogP contribution in [0.15, 0.2) is 76.7 Å². The number of aryl methyl sites for hydroxylation is 1. The molecular formula is C25H27N3O6S. The molecule has 0 saturated heterocycles. The van der Waals surface area contributed by atoms with Gasteiger partial charge in [0.2, 0.25) is 10.0 Å². The maximum Gasteiger partial charge on any atom is 0.255 e. The highest BCUT2D eigenvalue weighted by Crippen LogP contribution is 2.29. The molecule has 0 aliphatic heterocycles. The molecule has 9 nitrogen and oxygen atoms in total. The van der Waals surface area contributed by atoms with E-state index in [1.807, 2.05) is 6.07 Å². The molecule has 3 aromatic rings. The Labute approximate surface area is 204 Å². The van der Waals surface area contributed by atoms with Crippen molar-refractivity contribution >= 4 is 22.1 Å². The number of benzene rings is 3. The summed E-state index contributed by atoms with van der Waals surface area (Å²) >= 11 is 0. The monoisotopic (exact) mass is 497 g/mol. The van der Waals surface area contributed by atoms with Gasteiger partial charge in [0.1, 0.15) is 10.6 Å². The first-order chi connectivity index (χ1) is 16.8. The van der Waals surface area contributed by atoms with E-state index in [2.05, 4.69) is 10.5 Å². The van der Waals surface area contributed by atoms with Crippen molar-refractivity contribution in [2.24, 2.45) is 5.10 Å². The fourth-order valence-electron chi connectivity index (χ4n) is 3.32. The molecular weight excluding hydrogens is 470 g/mol. The zero-order valence-electron chi connectivity index (χ0n) is 19.6. The van der Waals surface area contributed by atoms with E-state index in [0.29, 0.717) is 11.1 Å². The number of sulfonamides is 1. The molecule has 10 heteroatoms. The van der Waals surface area contributed by atoms with Gasteiger partial charge in [-0.2, -0.15) is 9.41 Å². The van der Waals surface area contributed by atoms with Crippen molar-refractivity contribution in [3.63, 3.8) is 0 Å². The van der Waals surface area contributed by atoms with Crippen molar-refractivity contribution in [3.05, 3.63) is 83.4 Å². The summed E-state index contributed by atoms with van der Waals surface area (Å²) in [6.07, 6.45) is 1.25. The lowest BCUT2D eigenvalue weighted by Gasteiger charge is -2.23. The molecule has 0 unspecified atom stereocenters. The van der Waals surface area contributed by atoms with Gasteiger partial charge in [-0.15, -0.1) is 0 Å². The van der Waals surface area contributed by atoms with Crippen molar-refractivity contribution in [1.29, 1.82) is 0 Å². The molecule has 2 N–H and O–H groups in total. The number of aromatic hydroxyl groups is 1. The van der Waals surface area contributed by atoms with Gasteiger partial charge >= 0.3 is 0 Å². The van der Waals surface area contributed by atoms with E-state index in [1.54, 1.807) is 61.5 Å². The number of methoxy groups -OCH3 is 2. The molecule has 0 heterocycles. The van der Waals surface area contributed by atoms with Gasteiger partial charge in [-0.05, 0) is 42.3 Å². The summed E-state index contributed by atoms with van der Waals surface area (Å²) in [5.41, 5.74) is 4.08. The third-order valence-corrected chi connectivity index (χ3v) is 6.91. The molecule has 3 rings (SSSR count). The predicted molar refractivity (Wildman–Crippen MR) is 132 cm³/mol. The van der Waals surface area contributed by atoms with Crippen LogP contribution < -0.4 is 14.9 Å². The summed E-state index contributed by atoms with van der Waals surface area (Å²) in [5.74, 6) is -0.351. The van der Waals surface area contributed by atoms with Crippen molar-refractivity contribution in [2.75, 3.05) is 20.8 Å². The van der Waals surface area contributed by atoms with Gasteiger partial charge in [0.25, 0.3) is 5.91 Å². The van der Waals surface area contributed by atoms with Gasteiger partial charge in [0, 0.05) is 12.1 Å². The van der Waals surface area contributed by atoms with E-state index in [9.17, 15) is 18.3 Å². The van der Waals surface area contributed by atoms with E-state index in [4.69, 9.17) is 9.47 Å². The average molecular weight is 498 g/mol. The first-order valence-electron chi connectivity index (χ1n) is 10.6. The molecule has 0 bridgehead atoms. The van der Waals surface area contributed by atoms with Crippen LogP contribution in [0.5, 0.6) is 17.2 Å². The Morgan fingerprint density at radius 1 is 1.03 bits per heavy atom. The number of rotatable bonds is 10. The summed E-state index contributed by atoms with van der Waals surface area (Å²) in [6.45, 7) is 1.25. The second kappa shape index (κ2) is 11.5. The maximum atomic E-state index is 13.6. The second-order valence-corrected chi connectivity index (χ2v) is 9.51. The standard InChI is InChI=1S/C25H27N3O6S/c1-18-12-13-21(33-2)23(14-18)35(31,32)28(16-19-8-5-4-6-9-19)17-24(29)27-26-15-20-10-7-11-22(34-3)25(20)30/h4-15,30H,16-17H2,1-3H3,(H,27,29)/b26-15+. The summed E-state index contributed by atoms with van der Waals surface area (Å²) in [6, 6.07) is 18.6. The predicted octanol–water partition coefficient (Wildman–Crippen LogP) is 3.06. The molecule has 184 valence electrons. The number of carbonyl (C=O) groups is 1. The number of phenols is 1. The lowest BCUT2D eigenvalue weighted by Crippen LogP contribution is -2.39. The molecule has 0 fully saturated rings. The van der Waals surface area contributed by atoms with Gasteiger partial charge in [-0.3, -0.25) is 4.79 Å². The molecule has 0 aliphatic rings. The number of nitrogens with zero attached hydrogens (tertiary/aromatic N) is 2. The summed E-state index contributed by atoms with van der Waals surface area (Å²) in [4.78, 5) is 12.7. The number of amides is 1. The minimum atomic E-state index is -4.11. The van der Waals surface area contributed by atoms with Gasteiger partial charge in [-0.25, -0.2) is 13.8 Å². The maximum absolute atomic E-state index is 13.6. The molecule has 0 spiro atoms. The highest BCUT2D eigenvalue weighted by atomic mass is 32.2. The van der Waals surface area contributed by atoms with Crippen LogP contribution in [0.25, 0.3) is 0 Å². The molecule has 3 aromatic carbocycles. The SMILES string of the molecule is COc1ccc(C)cc1S(=O)(=O)N(CC(=O)N/N=C/c1cccc(OC)c1O)Cc1ccccc1. The van der Waals surface area contributed by atoms with Gasteiger partial charge in [0.15, 0.2) is 11.5 Å². The van der Waals surface area contributed by atoms with Crippen LogP contribution in [0.4, 0.5) is 0 Å². The van der Waals surface area contributed by atoms with Crippen molar-refractivity contribution < 1.29 is 27.8 Å². The average Bonchev–Trinajstić information content (AvgIpc) is 2.85. The Balaban J connectivity index is 1.85. The van der Waals surface area contributed by atoms with Gasteiger partial charge in [0.05, 0.1) is 27.0 Å². The number of hydrogen-bond donors (Lipinski definition) is 2. The van der Waals surface area contributed by atoms with Crippen molar-refractivity contribution in [2.45, 2.75) is 18.4 Å². The summed E-state index contributed by atoms with van der Waals surface area (Å²) in [7, 11) is -1.30. The van der Waals surface area contributed by atoms with Crippen LogP contribution in [0.1, 0.15) is 16.7 Å². The Bertz CT molecular complexity index is 1310. The Hall–Kier alpha value is -3.89. The molecule has 35 heavy (non-hydrogen) atoms. The molecule has 0 aliphatic carbocycles. The number of carbonyl (C=O) groups excluding carboxylic acids is 1. The second-order valence-electron chi connectivity index (χ2n) is 7.60. The van der Waals surface area contributed by atoms with Crippen LogP contribution in [0, 0.1) is 6.92 Å². The summed E-state index contributed by atoms with van der Waals surface area (Å²) in [5, 5.41) is 14.0. The minimum Gasteiger partial charge on any atom is -0.504 e. The smallest absolute Gasteiger partial charge is 0.255 e. The first-order valence-corrected chi connectivity index (χ1v) is 12.1. The van der Waals surface area contributed by atoms with Crippen molar-refractivity contribution in [3.8, 4) is 17.2 Å². The van der Waals surface area contributed by atoms with Crippen LogP contribution in [0.2, 0.25) is 0 Å². The molecule has 0 atom stereocenters. The first kappa shape index (κ1) is 25.7. The number of ether oxygens (including phenoxy) is 2. The largest absolute Gasteiger partial charge is 0.504 e. The third kappa shape index (κ3) is 6.37. The normalized spacial score (nSPS) is 11.5. The molecule has 0 saturated carbocycles. The van der Waals surface area contributed by atoms with Crippen LogP contribution >= 0.6 is 0 Å².